The second-order valence-electron chi connectivity index (χ2n) is 5.92. The van der Waals surface area contributed by atoms with Crippen LogP contribution in [0.1, 0.15) is 46.5 Å². The molecule has 4 nitrogen and oxygen atoms in total. The Labute approximate surface area is 149 Å². The third kappa shape index (κ3) is 4.92. The van der Waals surface area contributed by atoms with Crippen molar-refractivity contribution < 1.29 is 9.59 Å². The molecule has 2 aromatic carbocycles. The smallest absolute Gasteiger partial charge is 0.251 e. The second-order valence-corrected chi connectivity index (χ2v) is 5.92. The zero-order valence-corrected chi connectivity index (χ0v) is 15.2. The van der Waals surface area contributed by atoms with Gasteiger partial charge in [-0.25, -0.2) is 0 Å². The number of hydrogen-bond donors (Lipinski definition) is 1. The van der Waals surface area contributed by atoms with Crippen molar-refractivity contribution in [1.82, 2.24) is 5.32 Å². The number of amides is 1. The first-order valence-corrected chi connectivity index (χ1v) is 8.78. The van der Waals surface area contributed by atoms with Crippen LogP contribution >= 0.6 is 0 Å². The summed E-state index contributed by atoms with van der Waals surface area (Å²) in [6, 6.07) is 15.2. The Morgan fingerprint density at radius 1 is 0.880 bits per heavy atom. The molecule has 0 heterocycles. The number of hydrogen-bond acceptors (Lipinski definition) is 3. The maximum Gasteiger partial charge on any atom is 0.251 e. The fourth-order valence-corrected chi connectivity index (χ4v) is 2.82. The molecule has 0 radical (unpaired) electrons. The summed E-state index contributed by atoms with van der Waals surface area (Å²) in [6.45, 7) is 6.26. The van der Waals surface area contributed by atoms with Crippen LogP contribution in [0.3, 0.4) is 0 Å². The normalized spacial score (nSPS) is 10.4. The minimum atomic E-state index is -0.146. The van der Waals surface area contributed by atoms with E-state index in [1.54, 1.807) is 31.3 Å². The lowest BCUT2D eigenvalue weighted by Gasteiger charge is -2.21. The van der Waals surface area contributed by atoms with E-state index in [0.29, 0.717) is 24.0 Å². The minimum Gasteiger partial charge on any atom is -0.372 e. The predicted molar refractivity (Wildman–Crippen MR) is 102 cm³/mol. The van der Waals surface area contributed by atoms with Gasteiger partial charge < -0.3 is 10.2 Å². The third-order valence-electron chi connectivity index (χ3n) is 4.40. The summed E-state index contributed by atoms with van der Waals surface area (Å²) in [6.07, 6.45) is 1.18. The number of carbonyl (C=O) groups excluding carboxylic acids is 2. The first-order valence-electron chi connectivity index (χ1n) is 8.78. The van der Waals surface area contributed by atoms with Crippen LogP contribution in [0.15, 0.2) is 48.5 Å². The molecule has 132 valence electrons. The summed E-state index contributed by atoms with van der Waals surface area (Å²) in [7, 11) is 1.59. The molecule has 0 spiro atoms. The van der Waals surface area contributed by atoms with E-state index in [1.807, 2.05) is 0 Å². The zero-order valence-electron chi connectivity index (χ0n) is 15.2. The number of anilines is 1. The maximum atomic E-state index is 12.3. The third-order valence-corrected chi connectivity index (χ3v) is 4.40. The van der Waals surface area contributed by atoms with Gasteiger partial charge in [0.1, 0.15) is 0 Å². The average Bonchev–Trinajstić information content (AvgIpc) is 2.67. The van der Waals surface area contributed by atoms with Crippen LogP contribution in [0.2, 0.25) is 0 Å². The van der Waals surface area contributed by atoms with Gasteiger partial charge in [0.25, 0.3) is 5.91 Å². The van der Waals surface area contributed by atoms with Gasteiger partial charge in [-0.2, -0.15) is 0 Å². The summed E-state index contributed by atoms with van der Waals surface area (Å²) in [5.41, 5.74) is 3.58. The Morgan fingerprint density at radius 3 is 1.96 bits per heavy atom. The summed E-state index contributed by atoms with van der Waals surface area (Å²) in [5, 5.41) is 2.57. The van der Waals surface area contributed by atoms with E-state index < -0.39 is 0 Å². The Morgan fingerprint density at radius 2 is 1.44 bits per heavy atom. The molecule has 0 bridgehead atoms. The Hall–Kier alpha value is -2.62. The van der Waals surface area contributed by atoms with Crippen molar-refractivity contribution in [1.29, 1.82) is 0 Å². The number of benzene rings is 2. The molecule has 4 heteroatoms. The maximum absolute atomic E-state index is 12.3. The van der Waals surface area contributed by atoms with Crippen molar-refractivity contribution in [2.75, 3.05) is 25.0 Å². The molecule has 0 atom stereocenters. The lowest BCUT2D eigenvalue weighted by molar-refractivity contribution is 0.0957. The van der Waals surface area contributed by atoms with E-state index in [2.05, 4.69) is 48.3 Å². The van der Waals surface area contributed by atoms with E-state index in [4.69, 9.17) is 0 Å². The van der Waals surface area contributed by atoms with Crippen molar-refractivity contribution in [2.24, 2.45) is 0 Å². The number of nitrogens with zero attached hydrogens (tertiary/aromatic N) is 1. The van der Waals surface area contributed by atoms with Gasteiger partial charge in [-0.05, 0) is 50.1 Å². The molecule has 2 aromatic rings. The summed E-state index contributed by atoms with van der Waals surface area (Å²) >= 11 is 0. The Balaban J connectivity index is 1.94. The molecule has 2 rings (SSSR count). The van der Waals surface area contributed by atoms with E-state index in [0.717, 1.165) is 18.7 Å². The van der Waals surface area contributed by atoms with Gasteiger partial charge in [-0.1, -0.05) is 24.3 Å². The van der Waals surface area contributed by atoms with Crippen LogP contribution in [0, 0.1) is 0 Å². The number of Topliss-reactive ketones (excluding diaryl/α,β-unsaturated/α-hetero) is 1. The number of rotatable bonds is 8. The number of aryl methyl sites for hydroxylation is 1. The van der Waals surface area contributed by atoms with E-state index >= 15 is 0 Å². The van der Waals surface area contributed by atoms with E-state index in [1.165, 1.54) is 5.69 Å². The lowest BCUT2D eigenvalue weighted by atomic mass is 10.0. The van der Waals surface area contributed by atoms with Crippen molar-refractivity contribution in [3.8, 4) is 0 Å². The quantitative estimate of drug-likeness (QED) is 0.747. The number of nitrogens with one attached hydrogen (secondary N) is 1. The summed E-state index contributed by atoms with van der Waals surface area (Å²) in [5.74, 6) is -0.0523. The number of carbonyl (C=O) groups is 2. The van der Waals surface area contributed by atoms with Crippen LogP contribution in [0.25, 0.3) is 0 Å². The highest BCUT2D eigenvalue weighted by atomic mass is 16.1. The van der Waals surface area contributed by atoms with Crippen molar-refractivity contribution in [3.05, 3.63) is 65.2 Å². The van der Waals surface area contributed by atoms with Gasteiger partial charge >= 0.3 is 0 Å². The first-order chi connectivity index (χ1) is 12.1. The minimum absolute atomic E-state index is 0.0938. The predicted octanol–water partition coefficient (Wildman–Crippen LogP) is 3.71. The van der Waals surface area contributed by atoms with Gasteiger partial charge in [0.05, 0.1) is 0 Å². The van der Waals surface area contributed by atoms with E-state index in [9.17, 15) is 9.59 Å². The number of ketones is 1. The molecule has 0 unspecified atom stereocenters. The highest BCUT2D eigenvalue weighted by molar-refractivity contribution is 5.98. The zero-order chi connectivity index (χ0) is 18.2. The molecule has 25 heavy (non-hydrogen) atoms. The summed E-state index contributed by atoms with van der Waals surface area (Å²) < 4.78 is 0. The van der Waals surface area contributed by atoms with E-state index in [-0.39, 0.29) is 11.7 Å². The van der Waals surface area contributed by atoms with Gasteiger partial charge in [0.2, 0.25) is 0 Å². The molecule has 0 aliphatic carbocycles. The van der Waals surface area contributed by atoms with Crippen molar-refractivity contribution >= 4 is 17.4 Å². The molecule has 0 saturated heterocycles. The first kappa shape index (κ1) is 18.7. The molecule has 1 amide bonds. The average molecular weight is 338 g/mol. The fourth-order valence-electron chi connectivity index (χ4n) is 2.82. The van der Waals surface area contributed by atoms with Gasteiger partial charge in [-0.3, -0.25) is 9.59 Å². The van der Waals surface area contributed by atoms with Crippen LogP contribution in [0.5, 0.6) is 0 Å². The standard InChI is InChI=1S/C21H26N2O2/c1-4-23(5-2)19-13-6-16(7-14-19)8-15-20(24)17-9-11-18(12-10-17)21(25)22-3/h6-7,9-14H,4-5,8,15H2,1-3H3,(H,22,25). The largest absolute Gasteiger partial charge is 0.372 e. The van der Waals surface area contributed by atoms with Crippen LogP contribution in [-0.2, 0) is 6.42 Å². The SMILES string of the molecule is CCN(CC)c1ccc(CCC(=O)c2ccc(C(=O)NC)cc2)cc1. The fraction of sp³-hybridized carbons (Fsp3) is 0.333. The van der Waals surface area contributed by atoms with Gasteiger partial charge in [0, 0.05) is 43.4 Å². The van der Waals surface area contributed by atoms with Crippen LogP contribution in [0.4, 0.5) is 5.69 Å². The van der Waals surface area contributed by atoms with Crippen molar-refractivity contribution in [3.63, 3.8) is 0 Å². The monoisotopic (exact) mass is 338 g/mol. The molecule has 1 N–H and O–H groups in total. The van der Waals surface area contributed by atoms with Gasteiger partial charge in [0.15, 0.2) is 5.78 Å². The highest BCUT2D eigenvalue weighted by Gasteiger charge is 2.09. The topological polar surface area (TPSA) is 49.4 Å². The Bertz CT molecular complexity index is 702. The lowest BCUT2D eigenvalue weighted by Crippen LogP contribution is -2.21. The molecular weight excluding hydrogens is 312 g/mol. The molecule has 0 aromatic heterocycles. The molecule has 0 aliphatic rings. The molecule has 0 fully saturated rings. The Kier molecular flexibility index (Phi) is 6.75. The molecular formula is C21H26N2O2. The van der Waals surface area contributed by atoms with Crippen molar-refractivity contribution in [2.45, 2.75) is 26.7 Å². The van der Waals surface area contributed by atoms with Gasteiger partial charge in [-0.15, -0.1) is 0 Å². The highest BCUT2D eigenvalue weighted by Crippen LogP contribution is 2.16. The molecule has 0 saturated carbocycles. The van der Waals surface area contributed by atoms with Crippen LogP contribution in [-0.4, -0.2) is 31.8 Å². The molecule has 0 aliphatic heterocycles. The summed E-state index contributed by atoms with van der Waals surface area (Å²) in [4.78, 5) is 26.1. The van der Waals surface area contributed by atoms with Crippen LogP contribution < -0.4 is 10.2 Å². The second kappa shape index (κ2) is 9.02.